The van der Waals surface area contributed by atoms with Crippen molar-refractivity contribution in [3.8, 4) is 0 Å². The van der Waals surface area contributed by atoms with Crippen molar-refractivity contribution in [3.05, 3.63) is 59.7 Å². The fourth-order valence-electron chi connectivity index (χ4n) is 2.79. The Morgan fingerprint density at radius 2 is 2.00 bits per heavy atom. The van der Waals surface area contributed by atoms with Crippen LogP contribution in [0.3, 0.4) is 0 Å². The van der Waals surface area contributed by atoms with Crippen molar-refractivity contribution in [2.24, 2.45) is 0 Å². The van der Waals surface area contributed by atoms with Crippen LogP contribution in [0.15, 0.2) is 36.9 Å². The number of likely N-dealkylation sites (tertiary alicyclic amines) is 1. The number of nitrogens with zero attached hydrogens (tertiary/aromatic N) is 3. The third kappa shape index (κ3) is 3.06. The Balaban J connectivity index is 1.87. The highest BCUT2D eigenvalue weighted by Gasteiger charge is 2.33. The van der Waals surface area contributed by atoms with Gasteiger partial charge in [-0.3, -0.25) is 4.90 Å². The fraction of sp³-hybridized carbons (Fsp3) is 0.333. The lowest BCUT2D eigenvalue weighted by Crippen LogP contribution is -2.25. The smallest absolute Gasteiger partial charge is 0.128 e. The van der Waals surface area contributed by atoms with Gasteiger partial charge in [-0.1, -0.05) is 0 Å². The first-order valence-corrected chi connectivity index (χ1v) is 6.74. The summed E-state index contributed by atoms with van der Waals surface area (Å²) in [5.41, 5.74) is 1.15. The molecule has 2 aromatic rings. The van der Waals surface area contributed by atoms with E-state index in [0.717, 1.165) is 17.7 Å². The second-order valence-corrected chi connectivity index (χ2v) is 5.25. The predicted octanol–water partition coefficient (Wildman–Crippen LogP) is 2.06. The highest BCUT2D eigenvalue weighted by Crippen LogP contribution is 2.34. The van der Waals surface area contributed by atoms with Crippen LogP contribution in [-0.2, 0) is 6.54 Å². The normalized spacial score (nSPS) is 22.6. The van der Waals surface area contributed by atoms with E-state index in [2.05, 4.69) is 9.97 Å². The van der Waals surface area contributed by atoms with Crippen LogP contribution in [0.1, 0.15) is 23.6 Å². The molecule has 0 spiro atoms. The predicted molar refractivity (Wildman–Crippen MR) is 72.2 cm³/mol. The van der Waals surface area contributed by atoms with Crippen LogP contribution in [0.25, 0.3) is 0 Å². The molecule has 21 heavy (non-hydrogen) atoms. The van der Waals surface area contributed by atoms with E-state index in [1.165, 1.54) is 12.4 Å². The molecule has 1 aromatic heterocycles. The lowest BCUT2D eigenvalue weighted by Gasteiger charge is -2.24. The molecule has 4 nitrogen and oxygen atoms in total. The SMILES string of the molecule is O[C@H]1C[C@H](c2cc(F)ccc2F)N(Cc2cncnc2)C1. The largest absolute Gasteiger partial charge is 0.392 e. The van der Waals surface area contributed by atoms with Crippen molar-refractivity contribution in [2.45, 2.75) is 25.1 Å². The van der Waals surface area contributed by atoms with Crippen molar-refractivity contribution < 1.29 is 13.9 Å². The van der Waals surface area contributed by atoms with E-state index in [0.29, 0.717) is 19.5 Å². The number of aliphatic hydroxyl groups excluding tert-OH is 1. The van der Waals surface area contributed by atoms with E-state index in [-0.39, 0.29) is 11.6 Å². The number of aromatic nitrogens is 2. The van der Waals surface area contributed by atoms with E-state index in [1.807, 2.05) is 4.90 Å². The number of hydrogen-bond donors (Lipinski definition) is 1. The van der Waals surface area contributed by atoms with Crippen molar-refractivity contribution in [1.29, 1.82) is 0 Å². The van der Waals surface area contributed by atoms with Gasteiger partial charge in [0.1, 0.15) is 18.0 Å². The van der Waals surface area contributed by atoms with Gasteiger partial charge in [0.15, 0.2) is 0 Å². The number of halogens is 2. The second-order valence-electron chi connectivity index (χ2n) is 5.25. The standard InChI is InChI=1S/C15H15F2N3O/c16-11-1-2-14(17)13(3-11)15-4-12(21)8-20(15)7-10-5-18-9-19-6-10/h1-3,5-6,9,12,15,21H,4,7-8H2/t12-,15+/m0/s1. The van der Waals surface area contributed by atoms with Crippen LogP contribution in [0.2, 0.25) is 0 Å². The number of hydrogen-bond acceptors (Lipinski definition) is 4. The van der Waals surface area contributed by atoms with Crippen molar-refractivity contribution in [3.63, 3.8) is 0 Å². The number of rotatable bonds is 3. The third-order valence-corrected chi connectivity index (χ3v) is 3.70. The molecule has 0 radical (unpaired) electrons. The Labute approximate surface area is 121 Å². The minimum atomic E-state index is -0.553. The van der Waals surface area contributed by atoms with Gasteiger partial charge in [-0.25, -0.2) is 18.7 Å². The summed E-state index contributed by atoms with van der Waals surface area (Å²) in [7, 11) is 0. The van der Waals surface area contributed by atoms with Crippen molar-refractivity contribution >= 4 is 0 Å². The maximum atomic E-state index is 14.0. The van der Waals surface area contributed by atoms with Crippen LogP contribution in [0, 0.1) is 11.6 Å². The zero-order valence-corrected chi connectivity index (χ0v) is 11.3. The number of aliphatic hydroxyl groups is 1. The third-order valence-electron chi connectivity index (χ3n) is 3.70. The Morgan fingerprint density at radius 1 is 1.24 bits per heavy atom. The summed E-state index contributed by atoms with van der Waals surface area (Å²) < 4.78 is 27.3. The zero-order valence-electron chi connectivity index (χ0n) is 11.3. The quantitative estimate of drug-likeness (QED) is 0.940. The van der Waals surface area contributed by atoms with Gasteiger partial charge in [-0.2, -0.15) is 0 Å². The molecular formula is C15H15F2N3O. The first-order valence-electron chi connectivity index (χ1n) is 6.74. The fourth-order valence-corrected chi connectivity index (χ4v) is 2.79. The molecule has 0 amide bonds. The van der Waals surface area contributed by atoms with Gasteiger partial charge in [0.05, 0.1) is 6.10 Å². The minimum Gasteiger partial charge on any atom is -0.392 e. The summed E-state index contributed by atoms with van der Waals surface area (Å²) in [5, 5.41) is 9.88. The molecule has 1 aromatic carbocycles. The molecule has 2 heterocycles. The maximum absolute atomic E-state index is 14.0. The Hall–Kier alpha value is -1.92. The molecular weight excluding hydrogens is 276 g/mol. The van der Waals surface area contributed by atoms with E-state index in [4.69, 9.17) is 0 Å². The molecule has 1 saturated heterocycles. The van der Waals surface area contributed by atoms with E-state index in [1.54, 1.807) is 12.4 Å². The number of benzene rings is 1. The van der Waals surface area contributed by atoms with Crippen LogP contribution in [0.5, 0.6) is 0 Å². The van der Waals surface area contributed by atoms with Gasteiger partial charge in [-0.05, 0) is 24.6 Å². The summed E-state index contributed by atoms with van der Waals surface area (Å²) in [6.07, 6.45) is 4.62. The summed E-state index contributed by atoms with van der Waals surface area (Å²) >= 11 is 0. The molecule has 110 valence electrons. The molecule has 1 fully saturated rings. The van der Waals surface area contributed by atoms with Gasteiger partial charge in [0.25, 0.3) is 0 Å². The molecule has 1 aliphatic heterocycles. The first kappa shape index (κ1) is 14.0. The molecule has 0 aliphatic carbocycles. The highest BCUT2D eigenvalue weighted by atomic mass is 19.1. The van der Waals surface area contributed by atoms with Gasteiger partial charge >= 0.3 is 0 Å². The van der Waals surface area contributed by atoms with Crippen LogP contribution >= 0.6 is 0 Å². The molecule has 2 atom stereocenters. The lowest BCUT2D eigenvalue weighted by atomic mass is 10.0. The number of β-amino-alcohol motifs (C(OH)–C–C–N with tert-alkyl or cyclic N) is 1. The van der Waals surface area contributed by atoms with Crippen LogP contribution in [-0.4, -0.2) is 32.6 Å². The van der Waals surface area contributed by atoms with Gasteiger partial charge in [0.2, 0.25) is 0 Å². The Morgan fingerprint density at radius 3 is 2.76 bits per heavy atom. The Kier molecular flexibility index (Phi) is 3.90. The monoisotopic (exact) mass is 291 g/mol. The molecule has 1 aliphatic rings. The zero-order chi connectivity index (χ0) is 14.8. The molecule has 0 saturated carbocycles. The second kappa shape index (κ2) is 5.83. The average molecular weight is 291 g/mol. The van der Waals surface area contributed by atoms with Crippen molar-refractivity contribution in [1.82, 2.24) is 14.9 Å². The molecule has 0 bridgehead atoms. The summed E-state index contributed by atoms with van der Waals surface area (Å²) in [6, 6.07) is 3.07. The molecule has 3 rings (SSSR count). The molecule has 6 heteroatoms. The highest BCUT2D eigenvalue weighted by molar-refractivity contribution is 5.24. The van der Waals surface area contributed by atoms with Gasteiger partial charge in [-0.15, -0.1) is 0 Å². The lowest BCUT2D eigenvalue weighted by molar-refractivity contribution is 0.172. The van der Waals surface area contributed by atoms with Crippen molar-refractivity contribution in [2.75, 3.05) is 6.54 Å². The van der Waals surface area contributed by atoms with Crippen LogP contribution in [0.4, 0.5) is 8.78 Å². The van der Waals surface area contributed by atoms with Crippen LogP contribution < -0.4 is 0 Å². The average Bonchev–Trinajstić information content (AvgIpc) is 2.83. The maximum Gasteiger partial charge on any atom is 0.128 e. The summed E-state index contributed by atoms with van der Waals surface area (Å²) in [6.45, 7) is 0.897. The molecule has 1 N–H and O–H groups in total. The van der Waals surface area contributed by atoms with Gasteiger partial charge in [0, 0.05) is 42.7 Å². The van der Waals surface area contributed by atoms with E-state index in [9.17, 15) is 13.9 Å². The van der Waals surface area contributed by atoms with Gasteiger partial charge < -0.3 is 5.11 Å². The minimum absolute atomic E-state index is 0.281. The summed E-state index contributed by atoms with van der Waals surface area (Å²) in [4.78, 5) is 9.80. The Bertz CT molecular complexity index is 624. The first-order chi connectivity index (χ1) is 10.1. The topological polar surface area (TPSA) is 49.2 Å². The van der Waals surface area contributed by atoms with E-state index < -0.39 is 17.7 Å². The molecule has 0 unspecified atom stereocenters. The summed E-state index contributed by atoms with van der Waals surface area (Å²) in [5.74, 6) is -0.930. The van der Waals surface area contributed by atoms with E-state index >= 15 is 0 Å².